The minimum atomic E-state index is 0.693. The molecule has 2 N–H and O–H groups in total. The van der Waals surface area contributed by atoms with Crippen LogP contribution in [0.25, 0.3) is 0 Å². The molecule has 0 spiro atoms. The van der Waals surface area contributed by atoms with Gasteiger partial charge in [0.25, 0.3) is 0 Å². The Morgan fingerprint density at radius 2 is 2.00 bits per heavy atom. The number of nitriles is 1. The summed E-state index contributed by atoms with van der Waals surface area (Å²) in [6.45, 7) is 2.81. The molecule has 2 aromatic carbocycles. The maximum atomic E-state index is 8.88. The van der Waals surface area contributed by atoms with E-state index in [0.29, 0.717) is 5.56 Å². The Morgan fingerprint density at radius 1 is 1.21 bits per heavy atom. The van der Waals surface area contributed by atoms with Gasteiger partial charge in [-0.3, -0.25) is 0 Å². The first-order valence-electron chi connectivity index (χ1n) is 6.16. The molecule has 0 unspecified atom stereocenters. The molecule has 0 aliphatic rings. The minimum absolute atomic E-state index is 0.693. The number of hydrogen-bond acceptors (Lipinski definition) is 3. The standard InChI is InChI=1S/C16H17N3/c1-12-8-13(10-17)6-7-16(12)19(2)11-14-4-3-5-15(18)9-14/h3-9H,11,18H2,1-2H3. The van der Waals surface area contributed by atoms with Gasteiger partial charge in [-0.15, -0.1) is 0 Å². The molecular weight excluding hydrogens is 234 g/mol. The van der Waals surface area contributed by atoms with E-state index in [4.69, 9.17) is 11.0 Å². The predicted octanol–water partition coefficient (Wildman–Crippen LogP) is 3.09. The summed E-state index contributed by atoms with van der Waals surface area (Å²) in [6.07, 6.45) is 0. The van der Waals surface area contributed by atoms with Gasteiger partial charge in [-0.1, -0.05) is 12.1 Å². The summed E-state index contributed by atoms with van der Waals surface area (Å²) in [5.74, 6) is 0. The van der Waals surface area contributed by atoms with E-state index < -0.39 is 0 Å². The molecule has 0 aliphatic carbocycles. The minimum Gasteiger partial charge on any atom is -0.399 e. The highest BCUT2D eigenvalue weighted by atomic mass is 15.1. The Balaban J connectivity index is 2.21. The van der Waals surface area contributed by atoms with Crippen molar-refractivity contribution in [2.45, 2.75) is 13.5 Å². The summed E-state index contributed by atoms with van der Waals surface area (Å²) in [5, 5.41) is 8.88. The molecule has 96 valence electrons. The quantitative estimate of drug-likeness (QED) is 0.853. The fourth-order valence-corrected chi connectivity index (χ4v) is 2.20. The highest BCUT2D eigenvalue weighted by molar-refractivity contribution is 5.56. The molecule has 0 saturated carbocycles. The topological polar surface area (TPSA) is 53.0 Å². The Bertz CT molecular complexity index is 626. The lowest BCUT2D eigenvalue weighted by Gasteiger charge is -2.21. The van der Waals surface area contributed by atoms with Crippen molar-refractivity contribution in [1.82, 2.24) is 0 Å². The van der Waals surface area contributed by atoms with Crippen LogP contribution in [0.1, 0.15) is 16.7 Å². The molecule has 19 heavy (non-hydrogen) atoms. The predicted molar refractivity (Wildman–Crippen MR) is 78.9 cm³/mol. The molecule has 0 aliphatic heterocycles. The van der Waals surface area contributed by atoms with Crippen molar-refractivity contribution >= 4 is 11.4 Å². The van der Waals surface area contributed by atoms with E-state index >= 15 is 0 Å². The van der Waals surface area contributed by atoms with E-state index in [0.717, 1.165) is 23.5 Å². The van der Waals surface area contributed by atoms with Gasteiger partial charge < -0.3 is 10.6 Å². The maximum absolute atomic E-state index is 8.88. The largest absolute Gasteiger partial charge is 0.399 e. The normalized spacial score (nSPS) is 9.95. The number of nitrogen functional groups attached to an aromatic ring is 1. The summed E-state index contributed by atoms with van der Waals surface area (Å²) < 4.78 is 0. The van der Waals surface area contributed by atoms with Gasteiger partial charge in [0, 0.05) is 25.0 Å². The molecular formula is C16H17N3. The van der Waals surface area contributed by atoms with Crippen molar-refractivity contribution < 1.29 is 0 Å². The van der Waals surface area contributed by atoms with Crippen molar-refractivity contribution in [3.05, 3.63) is 59.2 Å². The first-order chi connectivity index (χ1) is 9.10. The molecule has 0 bridgehead atoms. The van der Waals surface area contributed by atoms with Crippen molar-refractivity contribution in [2.75, 3.05) is 17.7 Å². The van der Waals surface area contributed by atoms with Crippen LogP contribution in [0.3, 0.4) is 0 Å². The van der Waals surface area contributed by atoms with Crippen LogP contribution in [0.15, 0.2) is 42.5 Å². The molecule has 3 nitrogen and oxygen atoms in total. The number of anilines is 2. The molecule has 0 aromatic heterocycles. The average molecular weight is 251 g/mol. The molecule has 0 saturated heterocycles. The third-order valence-corrected chi connectivity index (χ3v) is 3.11. The molecule has 2 rings (SSSR count). The Morgan fingerprint density at radius 3 is 2.63 bits per heavy atom. The van der Waals surface area contributed by atoms with E-state index in [9.17, 15) is 0 Å². The van der Waals surface area contributed by atoms with E-state index in [1.165, 1.54) is 5.56 Å². The number of benzene rings is 2. The van der Waals surface area contributed by atoms with Gasteiger partial charge in [-0.25, -0.2) is 0 Å². The van der Waals surface area contributed by atoms with Crippen LogP contribution >= 0.6 is 0 Å². The van der Waals surface area contributed by atoms with Gasteiger partial charge in [-0.05, 0) is 48.4 Å². The smallest absolute Gasteiger partial charge is 0.0991 e. The highest BCUT2D eigenvalue weighted by Gasteiger charge is 2.06. The zero-order valence-corrected chi connectivity index (χ0v) is 11.2. The van der Waals surface area contributed by atoms with Crippen molar-refractivity contribution in [2.24, 2.45) is 0 Å². The second kappa shape index (κ2) is 5.45. The van der Waals surface area contributed by atoms with Gasteiger partial charge >= 0.3 is 0 Å². The molecule has 0 fully saturated rings. The van der Waals surface area contributed by atoms with Crippen LogP contribution in [0, 0.1) is 18.3 Å². The number of aryl methyl sites for hydroxylation is 1. The maximum Gasteiger partial charge on any atom is 0.0991 e. The van der Waals surface area contributed by atoms with E-state index in [2.05, 4.69) is 17.0 Å². The number of nitrogens with zero attached hydrogens (tertiary/aromatic N) is 2. The number of hydrogen-bond donors (Lipinski definition) is 1. The van der Waals surface area contributed by atoms with Crippen molar-refractivity contribution in [1.29, 1.82) is 5.26 Å². The van der Waals surface area contributed by atoms with Gasteiger partial charge in [0.1, 0.15) is 0 Å². The fraction of sp³-hybridized carbons (Fsp3) is 0.188. The summed E-state index contributed by atoms with van der Waals surface area (Å²) >= 11 is 0. The third kappa shape index (κ3) is 3.05. The zero-order valence-electron chi connectivity index (χ0n) is 11.2. The van der Waals surface area contributed by atoms with Crippen LogP contribution in [-0.2, 0) is 6.54 Å². The Hall–Kier alpha value is -2.47. The highest BCUT2D eigenvalue weighted by Crippen LogP contribution is 2.22. The molecule has 0 heterocycles. The molecule has 0 radical (unpaired) electrons. The lowest BCUT2D eigenvalue weighted by atomic mass is 10.1. The molecule has 0 amide bonds. The lowest BCUT2D eigenvalue weighted by molar-refractivity contribution is 0.917. The lowest BCUT2D eigenvalue weighted by Crippen LogP contribution is -2.17. The zero-order chi connectivity index (χ0) is 13.8. The van der Waals surface area contributed by atoms with Gasteiger partial charge in [0.05, 0.1) is 11.6 Å². The third-order valence-electron chi connectivity index (χ3n) is 3.11. The van der Waals surface area contributed by atoms with Crippen molar-refractivity contribution in [3.8, 4) is 6.07 Å². The first-order valence-corrected chi connectivity index (χ1v) is 6.16. The number of nitrogens with two attached hydrogens (primary N) is 1. The summed E-state index contributed by atoms with van der Waals surface area (Å²) in [7, 11) is 2.04. The average Bonchev–Trinajstić information content (AvgIpc) is 2.38. The fourth-order valence-electron chi connectivity index (χ4n) is 2.20. The molecule has 0 atom stereocenters. The SMILES string of the molecule is Cc1cc(C#N)ccc1N(C)Cc1cccc(N)c1. The molecule has 2 aromatic rings. The van der Waals surface area contributed by atoms with Crippen LogP contribution in [-0.4, -0.2) is 7.05 Å². The van der Waals surface area contributed by atoms with Crippen molar-refractivity contribution in [3.63, 3.8) is 0 Å². The molecule has 3 heteroatoms. The van der Waals surface area contributed by atoms with Gasteiger partial charge in [0.2, 0.25) is 0 Å². The first kappa shape index (κ1) is 13.0. The summed E-state index contributed by atoms with van der Waals surface area (Å²) in [5.41, 5.74) is 10.7. The van der Waals surface area contributed by atoms with Crippen LogP contribution in [0.4, 0.5) is 11.4 Å². The van der Waals surface area contributed by atoms with Crippen LogP contribution in [0.2, 0.25) is 0 Å². The second-order valence-electron chi connectivity index (χ2n) is 4.71. The number of rotatable bonds is 3. The van der Waals surface area contributed by atoms with E-state index in [-0.39, 0.29) is 0 Å². The Labute approximate surface area is 113 Å². The summed E-state index contributed by atoms with van der Waals surface area (Å²) in [6, 6.07) is 15.8. The van der Waals surface area contributed by atoms with Crippen LogP contribution < -0.4 is 10.6 Å². The van der Waals surface area contributed by atoms with E-state index in [1.54, 1.807) is 0 Å². The van der Waals surface area contributed by atoms with Gasteiger partial charge in [-0.2, -0.15) is 5.26 Å². The van der Waals surface area contributed by atoms with E-state index in [1.807, 2.05) is 50.4 Å². The van der Waals surface area contributed by atoms with Gasteiger partial charge in [0.15, 0.2) is 0 Å². The van der Waals surface area contributed by atoms with Crippen LogP contribution in [0.5, 0.6) is 0 Å². The second-order valence-corrected chi connectivity index (χ2v) is 4.71. The monoisotopic (exact) mass is 251 g/mol. The Kier molecular flexibility index (Phi) is 3.72. The summed E-state index contributed by atoms with van der Waals surface area (Å²) in [4.78, 5) is 2.16.